The number of amides is 1. The standard InChI is InChI=1S/C33H41N5O6S2/c1-21(2)30-35-25(19-45-30)31(41)38-14-16-44-33(20-38)9-11-37(12-10-33)13-15-43-23-5-3-22(4-6-23)17-34-18-27(40)24-7-8-26(39)28-29(24)46-32(42)36-28/h3-8,19,21,27,34,39-40H,9-18,20H2,1-2H3,(H,36,42). The van der Waals surface area contributed by atoms with Crippen LogP contribution in [-0.2, 0) is 11.3 Å². The second-order valence-corrected chi connectivity index (χ2v) is 14.2. The monoisotopic (exact) mass is 667 g/mol. The molecule has 2 saturated heterocycles. The van der Waals surface area contributed by atoms with Gasteiger partial charge in [-0.25, -0.2) is 4.98 Å². The number of morpholine rings is 1. The lowest BCUT2D eigenvalue weighted by molar-refractivity contribution is -0.127. The van der Waals surface area contributed by atoms with Crippen LogP contribution in [0.1, 0.15) is 65.3 Å². The molecule has 0 saturated carbocycles. The van der Waals surface area contributed by atoms with E-state index in [1.807, 2.05) is 34.5 Å². The number of aromatic amines is 1. The number of hydrogen-bond donors (Lipinski definition) is 4. The maximum Gasteiger partial charge on any atom is 0.305 e. The molecule has 1 spiro atoms. The van der Waals surface area contributed by atoms with Gasteiger partial charge in [-0.2, -0.15) is 0 Å². The summed E-state index contributed by atoms with van der Waals surface area (Å²) in [4.78, 5) is 36.1. The Balaban J connectivity index is 0.909. The van der Waals surface area contributed by atoms with Crippen LogP contribution in [0.25, 0.3) is 10.2 Å². The molecule has 6 rings (SSSR count). The number of carbonyl (C=O) groups excluding carboxylic acids is 1. The van der Waals surface area contributed by atoms with Crippen molar-refractivity contribution in [1.29, 1.82) is 0 Å². The molecule has 2 aromatic heterocycles. The van der Waals surface area contributed by atoms with E-state index < -0.39 is 6.10 Å². The molecule has 2 aliphatic rings. The second-order valence-electron chi connectivity index (χ2n) is 12.4. The minimum atomic E-state index is -0.825. The number of H-pyrrole nitrogens is 1. The summed E-state index contributed by atoms with van der Waals surface area (Å²) in [6.45, 7) is 10.0. The number of piperidine rings is 1. The van der Waals surface area contributed by atoms with Gasteiger partial charge >= 0.3 is 4.87 Å². The van der Waals surface area contributed by atoms with Crippen molar-refractivity contribution in [3.63, 3.8) is 0 Å². The SMILES string of the molecule is CC(C)c1nc(C(=O)N2CCOC3(CCN(CCOc4ccc(CNCC(O)c5ccc(O)c6[nH]c(=O)sc56)cc4)CC3)C2)cs1. The molecule has 4 N–H and O–H groups in total. The van der Waals surface area contributed by atoms with E-state index in [1.165, 1.54) is 6.07 Å². The molecule has 2 fully saturated rings. The fourth-order valence-electron chi connectivity index (χ4n) is 6.08. The molecule has 0 radical (unpaired) electrons. The number of likely N-dealkylation sites (tertiary alicyclic amines) is 1. The minimum Gasteiger partial charge on any atom is -0.506 e. The molecule has 4 aromatic rings. The Hall–Kier alpha value is -3.33. The maximum atomic E-state index is 13.2. The van der Waals surface area contributed by atoms with Gasteiger partial charge in [-0.15, -0.1) is 11.3 Å². The number of thiazole rings is 2. The predicted molar refractivity (Wildman–Crippen MR) is 179 cm³/mol. The number of phenols is 1. The molecular formula is C33H41N5O6S2. The second kappa shape index (κ2) is 14.2. The Labute approximate surface area is 275 Å². The number of aliphatic hydroxyl groups excluding tert-OH is 1. The summed E-state index contributed by atoms with van der Waals surface area (Å²) in [7, 11) is 0. The first kappa shape index (κ1) is 32.6. The fraction of sp³-hybridized carbons (Fsp3) is 0.485. The van der Waals surface area contributed by atoms with Gasteiger partial charge < -0.3 is 34.9 Å². The van der Waals surface area contributed by atoms with Crippen LogP contribution in [0.2, 0.25) is 0 Å². The van der Waals surface area contributed by atoms with Gasteiger partial charge in [0, 0.05) is 56.1 Å². The van der Waals surface area contributed by atoms with Crippen LogP contribution >= 0.6 is 22.7 Å². The number of nitrogens with zero attached hydrogens (tertiary/aromatic N) is 3. The van der Waals surface area contributed by atoms with E-state index in [0.29, 0.717) is 66.8 Å². The molecular weight excluding hydrogens is 627 g/mol. The molecule has 246 valence electrons. The third-order valence-electron chi connectivity index (χ3n) is 8.75. The highest BCUT2D eigenvalue weighted by Gasteiger charge is 2.41. The molecule has 0 aliphatic carbocycles. The largest absolute Gasteiger partial charge is 0.506 e. The van der Waals surface area contributed by atoms with Crippen LogP contribution in [0.5, 0.6) is 11.5 Å². The highest BCUT2D eigenvalue weighted by molar-refractivity contribution is 7.16. The van der Waals surface area contributed by atoms with Crippen molar-refractivity contribution in [2.24, 2.45) is 0 Å². The summed E-state index contributed by atoms with van der Waals surface area (Å²) < 4.78 is 12.9. The Bertz CT molecular complexity index is 1690. The molecule has 1 amide bonds. The number of aliphatic hydroxyl groups is 1. The van der Waals surface area contributed by atoms with Crippen molar-refractivity contribution in [2.75, 3.05) is 52.5 Å². The van der Waals surface area contributed by atoms with E-state index in [4.69, 9.17) is 9.47 Å². The summed E-state index contributed by atoms with van der Waals surface area (Å²) in [5.74, 6) is 1.12. The minimum absolute atomic E-state index is 0.00745. The number of hydrogen-bond acceptors (Lipinski definition) is 11. The van der Waals surface area contributed by atoms with E-state index in [0.717, 1.165) is 60.1 Å². The Morgan fingerprint density at radius 2 is 1.96 bits per heavy atom. The third kappa shape index (κ3) is 7.45. The van der Waals surface area contributed by atoms with Gasteiger partial charge in [0.1, 0.15) is 29.3 Å². The zero-order valence-electron chi connectivity index (χ0n) is 26.2. The number of fused-ring (bicyclic) bond motifs is 1. The number of rotatable bonds is 11. The van der Waals surface area contributed by atoms with Crippen molar-refractivity contribution in [1.82, 2.24) is 25.1 Å². The molecule has 1 unspecified atom stereocenters. The quantitative estimate of drug-likeness (QED) is 0.186. The number of aromatic nitrogens is 2. The van der Waals surface area contributed by atoms with E-state index in [2.05, 4.69) is 34.0 Å². The molecule has 0 bridgehead atoms. The smallest absolute Gasteiger partial charge is 0.305 e. The summed E-state index contributed by atoms with van der Waals surface area (Å²) >= 11 is 2.53. The van der Waals surface area contributed by atoms with Gasteiger partial charge in [0.15, 0.2) is 0 Å². The van der Waals surface area contributed by atoms with Gasteiger partial charge in [0.05, 0.1) is 34.6 Å². The number of nitrogens with one attached hydrogen (secondary N) is 2. The zero-order valence-corrected chi connectivity index (χ0v) is 27.8. The third-order valence-corrected chi connectivity index (χ3v) is 10.8. The first-order valence-corrected chi connectivity index (χ1v) is 17.5. The van der Waals surface area contributed by atoms with Crippen LogP contribution in [0.4, 0.5) is 0 Å². The molecule has 11 nitrogen and oxygen atoms in total. The normalized spacial score (nSPS) is 17.6. The predicted octanol–water partition coefficient (Wildman–Crippen LogP) is 4.08. The van der Waals surface area contributed by atoms with Gasteiger partial charge in [0.2, 0.25) is 0 Å². The Morgan fingerprint density at radius 3 is 2.70 bits per heavy atom. The zero-order chi connectivity index (χ0) is 32.3. The first-order valence-electron chi connectivity index (χ1n) is 15.8. The summed E-state index contributed by atoms with van der Waals surface area (Å²) in [5.41, 5.74) is 2.27. The van der Waals surface area contributed by atoms with Crippen LogP contribution in [0, 0.1) is 0 Å². The first-order chi connectivity index (χ1) is 22.2. The molecule has 13 heteroatoms. The summed E-state index contributed by atoms with van der Waals surface area (Å²) in [5, 5.41) is 26.8. The van der Waals surface area contributed by atoms with Gasteiger partial charge in [-0.3, -0.25) is 14.5 Å². The fourth-order valence-corrected chi connectivity index (χ4v) is 7.81. The molecule has 4 heterocycles. The Morgan fingerprint density at radius 1 is 1.17 bits per heavy atom. The highest BCUT2D eigenvalue weighted by atomic mass is 32.1. The average molecular weight is 668 g/mol. The number of benzene rings is 2. The number of carbonyl (C=O) groups is 1. The topological polar surface area (TPSA) is 140 Å². The lowest BCUT2D eigenvalue weighted by atomic mass is 9.89. The van der Waals surface area contributed by atoms with E-state index >= 15 is 0 Å². The van der Waals surface area contributed by atoms with Gasteiger partial charge in [-0.05, 0) is 36.6 Å². The molecule has 2 aromatic carbocycles. The number of phenolic OH excluding ortho intramolecular Hbond substituents is 1. The van der Waals surface area contributed by atoms with Crippen molar-refractivity contribution in [3.05, 3.63) is 73.3 Å². The van der Waals surface area contributed by atoms with Crippen molar-refractivity contribution in [2.45, 2.75) is 50.9 Å². The molecule has 2 aliphatic heterocycles. The van der Waals surface area contributed by atoms with Crippen molar-refractivity contribution in [3.8, 4) is 11.5 Å². The van der Waals surface area contributed by atoms with E-state index in [-0.39, 0.29) is 22.1 Å². The van der Waals surface area contributed by atoms with Crippen molar-refractivity contribution >= 4 is 38.8 Å². The van der Waals surface area contributed by atoms with Crippen LogP contribution < -0.4 is 14.9 Å². The summed E-state index contributed by atoms with van der Waals surface area (Å²) in [6.07, 6.45) is 0.935. The molecule has 46 heavy (non-hydrogen) atoms. The van der Waals surface area contributed by atoms with Gasteiger partial charge in [-0.1, -0.05) is 43.4 Å². The van der Waals surface area contributed by atoms with Crippen molar-refractivity contribution < 1.29 is 24.5 Å². The highest BCUT2D eigenvalue weighted by Crippen LogP contribution is 2.32. The van der Waals surface area contributed by atoms with E-state index in [1.54, 1.807) is 17.4 Å². The number of ether oxygens (including phenoxy) is 2. The lowest BCUT2D eigenvalue weighted by Crippen LogP contribution is -2.58. The van der Waals surface area contributed by atoms with Crippen LogP contribution in [0.15, 0.2) is 46.6 Å². The Kier molecular flexibility index (Phi) is 10.1. The van der Waals surface area contributed by atoms with Crippen LogP contribution in [-0.4, -0.2) is 94.0 Å². The van der Waals surface area contributed by atoms with Gasteiger partial charge in [0.25, 0.3) is 5.91 Å². The lowest BCUT2D eigenvalue weighted by Gasteiger charge is -2.47. The summed E-state index contributed by atoms with van der Waals surface area (Å²) in [6, 6.07) is 11.0. The average Bonchev–Trinajstić information content (AvgIpc) is 3.71. The number of aromatic hydroxyl groups is 1. The maximum absolute atomic E-state index is 13.2. The van der Waals surface area contributed by atoms with E-state index in [9.17, 15) is 19.8 Å². The molecule has 1 atom stereocenters. The van der Waals surface area contributed by atoms with Crippen LogP contribution in [0.3, 0.4) is 0 Å².